The summed E-state index contributed by atoms with van der Waals surface area (Å²) in [6, 6.07) is 19.9. The zero-order chi connectivity index (χ0) is 18.1. The van der Waals surface area contributed by atoms with Crippen molar-refractivity contribution in [3.05, 3.63) is 77.5 Å². The van der Waals surface area contributed by atoms with Crippen molar-refractivity contribution < 1.29 is 4.74 Å². The molecule has 0 bridgehead atoms. The second kappa shape index (κ2) is 6.52. The highest BCUT2D eigenvalue weighted by Crippen LogP contribution is 2.26. The lowest BCUT2D eigenvalue weighted by Gasteiger charge is -2.11. The van der Waals surface area contributed by atoms with Crippen molar-refractivity contribution in [1.29, 1.82) is 0 Å². The number of ether oxygens (including phenoxy) is 1. The summed E-state index contributed by atoms with van der Waals surface area (Å²) < 4.78 is 7.73. The fourth-order valence-corrected chi connectivity index (χ4v) is 2.97. The van der Waals surface area contributed by atoms with E-state index in [2.05, 4.69) is 24.2 Å². The first kappa shape index (κ1) is 16.1. The number of benzene rings is 2. The first-order valence-corrected chi connectivity index (χ1v) is 8.51. The Labute approximate surface area is 152 Å². The van der Waals surface area contributed by atoms with Crippen LogP contribution in [0.1, 0.15) is 16.8 Å². The minimum Gasteiger partial charge on any atom is -0.487 e. The van der Waals surface area contributed by atoms with Crippen molar-refractivity contribution in [2.24, 2.45) is 0 Å². The molecule has 2 heterocycles. The third kappa shape index (κ3) is 2.99. The van der Waals surface area contributed by atoms with Gasteiger partial charge in [-0.15, -0.1) is 0 Å². The third-order valence-electron chi connectivity index (χ3n) is 4.39. The Kier molecular flexibility index (Phi) is 4.05. The maximum atomic E-state index is 6.09. The van der Waals surface area contributed by atoms with Gasteiger partial charge in [0.2, 0.25) is 0 Å². The third-order valence-corrected chi connectivity index (χ3v) is 4.39. The quantitative estimate of drug-likeness (QED) is 0.602. The van der Waals surface area contributed by atoms with E-state index >= 15 is 0 Å². The number of pyridine rings is 1. The van der Waals surface area contributed by atoms with Crippen LogP contribution in [0.15, 0.2) is 60.7 Å². The average molecular weight is 344 g/mol. The molecule has 4 aromatic rings. The number of aromatic nitrogens is 3. The van der Waals surface area contributed by atoms with Gasteiger partial charge in [-0.3, -0.25) is 0 Å². The molecule has 0 unspecified atom stereocenters. The maximum Gasteiger partial charge on any atom is 0.156 e. The zero-order valence-corrected chi connectivity index (χ0v) is 14.8. The van der Waals surface area contributed by atoms with Gasteiger partial charge in [-0.2, -0.15) is 9.78 Å². The normalized spacial score (nSPS) is 11.0. The molecule has 5 heteroatoms. The first-order valence-electron chi connectivity index (χ1n) is 8.51. The minimum absolute atomic E-state index is 0.501. The van der Waals surface area contributed by atoms with E-state index in [1.807, 2.05) is 55.5 Å². The standard InChI is InChI=1S/C21H20N4O/c1-14-6-3-4-7-17(14)13-26-18-9-5-8-16-10-11-20(23-21(16)18)25-19(22)12-15(2)24-25/h3-12H,13,22H2,1-2H3. The fourth-order valence-electron chi connectivity index (χ4n) is 2.97. The van der Waals surface area contributed by atoms with Crippen LogP contribution in [0.4, 0.5) is 5.82 Å². The van der Waals surface area contributed by atoms with Gasteiger partial charge in [0.15, 0.2) is 5.82 Å². The summed E-state index contributed by atoms with van der Waals surface area (Å²) in [4.78, 5) is 4.75. The molecule has 5 nitrogen and oxygen atoms in total. The number of nitrogens with zero attached hydrogens (tertiary/aromatic N) is 3. The molecule has 26 heavy (non-hydrogen) atoms. The molecule has 0 radical (unpaired) electrons. The first-order chi connectivity index (χ1) is 12.6. The van der Waals surface area contributed by atoms with Crippen molar-refractivity contribution >= 4 is 16.7 Å². The highest BCUT2D eigenvalue weighted by molar-refractivity contribution is 5.85. The van der Waals surface area contributed by atoms with Gasteiger partial charge in [-0.05, 0) is 43.2 Å². The second-order valence-corrected chi connectivity index (χ2v) is 6.33. The molecule has 2 N–H and O–H groups in total. The Morgan fingerprint density at radius 2 is 1.85 bits per heavy atom. The van der Waals surface area contributed by atoms with Crippen molar-refractivity contribution in [1.82, 2.24) is 14.8 Å². The van der Waals surface area contributed by atoms with Crippen LogP contribution in [-0.2, 0) is 6.61 Å². The Morgan fingerprint density at radius 1 is 1.00 bits per heavy atom. The molecule has 0 aliphatic carbocycles. The largest absolute Gasteiger partial charge is 0.487 e. The summed E-state index contributed by atoms with van der Waals surface area (Å²) >= 11 is 0. The number of hydrogen-bond donors (Lipinski definition) is 1. The number of para-hydroxylation sites is 1. The molecule has 2 aromatic heterocycles. The fraction of sp³-hybridized carbons (Fsp3) is 0.143. The zero-order valence-electron chi connectivity index (χ0n) is 14.8. The van der Waals surface area contributed by atoms with E-state index in [0.717, 1.165) is 27.9 Å². The van der Waals surface area contributed by atoms with Crippen LogP contribution in [0.5, 0.6) is 5.75 Å². The van der Waals surface area contributed by atoms with Crippen LogP contribution in [0.25, 0.3) is 16.7 Å². The van der Waals surface area contributed by atoms with E-state index in [1.54, 1.807) is 4.68 Å². The van der Waals surface area contributed by atoms with Crippen molar-refractivity contribution in [2.45, 2.75) is 20.5 Å². The highest BCUT2D eigenvalue weighted by Gasteiger charge is 2.10. The van der Waals surface area contributed by atoms with Gasteiger partial charge in [0.1, 0.15) is 23.7 Å². The van der Waals surface area contributed by atoms with E-state index < -0.39 is 0 Å². The van der Waals surface area contributed by atoms with Crippen LogP contribution in [0, 0.1) is 13.8 Å². The summed E-state index contributed by atoms with van der Waals surface area (Å²) in [5.41, 5.74) is 10.1. The number of fused-ring (bicyclic) bond motifs is 1. The molecule has 4 rings (SSSR count). The molecular formula is C21H20N4O. The molecule has 0 spiro atoms. The van der Waals surface area contributed by atoms with Crippen molar-refractivity contribution in [3.63, 3.8) is 0 Å². The van der Waals surface area contributed by atoms with Crippen LogP contribution in [-0.4, -0.2) is 14.8 Å². The molecule has 0 saturated heterocycles. The lowest BCUT2D eigenvalue weighted by Crippen LogP contribution is -2.05. The predicted molar refractivity (Wildman–Crippen MR) is 104 cm³/mol. The van der Waals surface area contributed by atoms with Crippen LogP contribution in [0.2, 0.25) is 0 Å². The molecule has 0 aliphatic heterocycles. The number of aryl methyl sites for hydroxylation is 2. The second-order valence-electron chi connectivity index (χ2n) is 6.33. The van der Waals surface area contributed by atoms with Gasteiger partial charge in [0.25, 0.3) is 0 Å². The van der Waals surface area contributed by atoms with E-state index in [1.165, 1.54) is 5.56 Å². The summed E-state index contributed by atoms with van der Waals surface area (Å²) in [6.07, 6.45) is 0. The number of nitrogen functional groups attached to an aromatic ring is 1. The Hall–Kier alpha value is -3.34. The van der Waals surface area contributed by atoms with Crippen molar-refractivity contribution in [2.75, 3.05) is 5.73 Å². The van der Waals surface area contributed by atoms with Crippen molar-refractivity contribution in [3.8, 4) is 11.6 Å². The summed E-state index contributed by atoms with van der Waals surface area (Å²) in [5.74, 6) is 1.98. The summed E-state index contributed by atoms with van der Waals surface area (Å²) in [7, 11) is 0. The molecule has 130 valence electrons. The van der Waals surface area contributed by atoms with Gasteiger partial charge in [0, 0.05) is 11.5 Å². The van der Waals surface area contributed by atoms with E-state index in [-0.39, 0.29) is 0 Å². The lowest BCUT2D eigenvalue weighted by atomic mass is 10.1. The molecule has 0 saturated carbocycles. The van der Waals surface area contributed by atoms with Crippen LogP contribution < -0.4 is 10.5 Å². The van der Waals surface area contributed by atoms with Gasteiger partial charge in [-0.1, -0.05) is 36.4 Å². The van der Waals surface area contributed by atoms with Gasteiger partial charge in [0.05, 0.1) is 5.69 Å². The Bertz CT molecular complexity index is 1080. The average Bonchev–Trinajstić information content (AvgIpc) is 2.99. The van der Waals surface area contributed by atoms with E-state index in [0.29, 0.717) is 18.2 Å². The smallest absolute Gasteiger partial charge is 0.156 e. The molecule has 0 fully saturated rings. The molecule has 2 aromatic carbocycles. The van der Waals surface area contributed by atoms with E-state index in [4.69, 9.17) is 15.5 Å². The number of rotatable bonds is 4. The maximum absolute atomic E-state index is 6.09. The highest BCUT2D eigenvalue weighted by atomic mass is 16.5. The molecular weight excluding hydrogens is 324 g/mol. The number of nitrogens with two attached hydrogens (primary N) is 1. The minimum atomic E-state index is 0.501. The van der Waals surface area contributed by atoms with Crippen LogP contribution in [0.3, 0.4) is 0 Å². The summed E-state index contributed by atoms with van der Waals surface area (Å²) in [6.45, 7) is 4.49. The molecule has 0 atom stereocenters. The monoisotopic (exact) mass is 344 g/mol. The van der Waals surface area contributed by atoms with Gasteiger partial charge < -0.3 is 10.5 Å². The number of hydrogen-bond acceptors (Lipinski definition) is 4. The molecule has 0 aliphatic rings. The molecule has 0 amide bonds. The summed E-state index contributed by atoms with van der Waals surface area (Å²) in [5, 5.41) is 5.42. The lowest BCUT2D eigenvalue weighted by molar-refractivity contribution is 0.308. The SMILES string of the molecule is Cc1cc(N)n(-c2ccc3cccc(OCc4ccccc4C)c3n2)n1. The number of anilines is 1. The van der Waals surface area contributed by atoms with Crippen LogP contribution >= 0.6 is 0 Å². The predicted octanol–water partition coefficient (Wildman–Crippen LogP) is 4.20. The van der Waals surface area contributed by atoms with Gasteiger partial charge in [-0.25, -0.2) is 4.98 Å². The topological polar surface area (TPSA) is 66.0 Å². The van der Waals surface area contributed by atoms with E-state index in [9.17, 15) is 0 Å². The Balaban J connectivity index is 1.72. The Morgan fingerprint density at radius 3 is 2.62 bits per heavy atom. The van der Waals surface area contributed by atoms with Gasteiger partial charge >= 0.3 is 0 Å².